The standard InChI is InChI=1S/C14H13FN2O/c15-12-5-3-4-11(10-12)7-8-14(18)17-13-6-1-2-9-16-13/h1-6,9-10H,7-8H2,(H,16,17,18). The predicted molar refractivity (Wildman–Crippen MR) is 67.6 cm³/mol. The number of carbonyl (C=O) groups excluding carboxylic acids is 1. The van der Waals surface area contributed by atoms with Crippen LogP contribution in [0.25, 0.3) is 0 Å². The van der Waals surface area contributed by atoms with Crippen LogP contribution < -0.4 is 5.32 Å². The molecule has 1 aromatic heterocycles. The molecule has 0 radical (unpaired) electrons. The second kappa shape index (κ2) is 5.91. The number of aryl methyl sites for hydroxylation is 1. The molecule has 0 aliphatic carbocycles. The summed E-state index contributed by atoms with van der Waals surface area (Å²) in [5.74, 6) is 0.123. The molecule has 0 bridgehead atoms. The number of carbonyl (C=O) groups is 1. The van der Waals surface area contributed by atoms with Crippen LogP contribution in [0.1, 0.15) is 12.0 Å². The molecule has 0 unspecified atom stereocenters. The third-order valence-corrected chi connectivity index (χ3v) is 2.46. The zero-order chi connectivity index (χ0) is 12.8. The third-order valence-electron chi connectivity index (χ3n) is 2.46. The Balaban J connectivity index is 1.85. The first-order valence-corrected chi connectivity index (χ1v) is 5.69. The summed E-state index contributed by atoms with van der Waals surface area (Å²) in [7, 11) is 0. The van der Waals surface area contributed by atoms with Gasteiger partial charge in [-0.2, -0.15) is 0 Å². The average molecular weight is 244 g/mol. The van der Waals surface area contributed by atoms with Crippen LogP contribution in [0.5, 0.6) is 0 Å². The van der Waals surface area contributed by atoms with Crippen LogP contribution >= 0.6 is 0 Å². The fraction of sp³-hybridized carbons (Fsp3) is 0.143. The average Bonchev–Trinajstić information content (AvgIpc) is 2.38. The number of aromatic nitrogens is 1. The summed E-state index contributed by atoms with van der Waals surface area (Å²) in [4.78, 5) is 15.6. The van der Waals surface area contributed by atoms with Crippen LogP contribution in [0.15, 0.2) is 48.7 Å². The Morgan fingerprint density at radius 1 is 1.22 bits per heavy atom. The van der Waals surface area contributed by atoms with Crippen LogP contribution in [0, 0.1) is 5.82 Å². The van der Waals surface area contributed by atoms with Gasteiger partial charge in [0.25, 0.3) is 0 Å². The lowest BCUT2D eigenvalue weighted by atomic mass is 10.1. The molecule has 1 N–H and O–H groups in total. The molecule has 0 aliphatic heterocycles. The van der Waals surface area contributed by atoms with Crippen molar-refractivity contribution in [2.45, 2.75) is 12.8 Å². The zero-order valence-electron chi connectivity index (χ0n) is 9.77. The van der Waals surface area contributed by atoms with E-state index in [0.29, 0.717) is 18.7 Å². The molecule has 2 aromatic rings. The maximum Gasteiger partial charge on any atom is 0.225 e. The molecule has 92 valence electrons. The minimum atomic E-state index is -0.280. The second-order valence-electron chi connectivity index (χ2n) is 3.89. The number of amides is 1. The van der Waals surface area contributed by atoms with E-state index in [-0.39, 0.29) is 11.7 Å². The minimum Gasteiger partial charge on any atom is -0.311 e. The molecule has 4 heteroatoms. The van der Waals surface area contributed by atoms with Crippen LogP contribution in [0.3, 0.4) is 0 Å². The summed E-state index contributed by atoms with van der Waals surface area (Å²) in [5, 5.41) is 2.68. The topological polar surface area (TPSA) is 42.0 Å². The van der Waals surface area contributed by atoms with Crippen molar-refractivity contribution in [3.05, 3.63) is 60.0 Å². The van der Waals surface area contributed by atoms with Crippen molar-refractivity contribution < 1.29 is 9.18 Å². The smallest absolute Gasteiger partial charge is 0.225 e. The Bertz CT molecular complexity index is 528. The molecule has 0 fully saturated rings. The lowest BCUT2D eigenvalue weighted by Crippen LogP contribution is -2.13. The van der Waals surface area contributed by atoms with Gasteiger partial charge < -0.3 is 5.32 Å². The first-order chi connectivity index (χ1) is 8.74. The maximum absolute atomic E-state index is 12.9. The minimum absolute atomic E-state index is 0.127. The van der Waals surface area contributed by atoms with Crippen LogP contribution in [-0.4, -0.2) is 10.9 Å². The van der Waals surface area contributed by atoms with Crippen molar-refractivity contribution in [1.29, 1.82) is 0 Å². The molecule has 0 saturated carbocycles. The highest BCUT2D eigenvalue weighted by atomic mass is 19.1. The third kappa shape index (κ3) is 3.66. The second-order valence-corrected chi connectivity index (χ2v) is 3.89. The van der Waals surface area contributed by atoms with E-state index < -0.39 is 0 Å². The SMILES string of the molecule is O=C(CCc1cccc(F)c1)Nc1ccccn1. The van der Waals surface area contributed by atoms with E-state index >= 15 is 0 Å². The molecule has 1 heterocycles. The number of halogens is 1. The zero-order valence-corrected chi connectivity index (χ0v) is 9.77. The molecule has 0 saturated heterocycles. The van der Waals surface area contributed by atoms with Gasteiger partial charge >= 0.3 is 0 Å². The molecule has 0 atom stereocenters. The number of pyridine rings is 1. The Hall–Kier alpha value is -2.23. The summed E-state index contributed by atoms with van der Waals surface area (Å²) < 4.78 is 12.9. The Morgan fingerprint density at radius 2 is 2.11 bits per heavy atom. The quantitative estimate of drug-likeness (QED) is 0.898. The highest BCUT2D eigenvalue weighted by Crippen LogP contribution is 2.07. The summed E-state index contributed by atoms with van der Waals surface area (Å²) in [6, 6.07) is 11.6. The molecule has 1 amide bonds. The van der Waals surface area contributed by atoms with Crippen molar-refractivity contribution >= 4 is 11.7 Å². The summed E-state index contributed by atoms with van der Waals surface area (Å²) >= 11 is 0. The normalized spacial score (nSPS) is 10.1. The van der Waals surface area contributed by atoms with Gasteiger partial charge in [0.15, 0.2) is 0 Å². The number of nitrogens with zero attached hydrogens (tertiary/aromatic N) is 1. The van der Waals surface area contributed by atoms with E-state index in [1.54, 1.807) is 36.5 Å². The predicted octanol–water partition coefficient (Wildman–Crippen LogP) is 2.79. The number of rotatable bonds is 4. The fourth-order valence-corrected chi connectivity index (χ4v) is 1.59. The molecular weight excluding hydrogens is 231 g/mol. The molecule has 1 aromatic carbocycles. The maximum atomic E-state index is 12.9. The van der Waals surface area contributed by atoms with E-state index in [4.69, 9.17) is 0 Å². The van der Waals surface area contributed by atoms with Gasteiger partial charge in [0.1, 0.15) is 11.6 Å². The first-order valence-electron chi connectivity index (χ1n) is 5.69. The summed E-state index contributed by atoms with van der Waals surface area (Å²) in [5.41, 5.74) is 0.811. The van der Waals surface area contributed by atoms with Gasteiger partial charge in [-0.15, -0.1) is 0 Å². The molecule has 0 aliphatic rings. The number of benzene rings is 1. The largest absolute Gasteiger partial charge is 0.311 e. The van der Waals surface area contributed by atoms with Gasteiger partial charge in [0.2, 0.25) is 5.91 Å². The fourth-order valence-electron chi connectivity index (χ4n) is 1.59. The molecule has 2 rings (SSSR count). The summed E-state index contributed by atoms with van der Waals surface area (Å²) in [6.07, 6.45) is 2.43. The van der Waals surface area contributed by atoms with E-state index in [2.05, 4.69) is 10.3 Å². The van der Waals surface area contributed by atoms with E-state index in [1.807, 2.05) is 0 Å². The van der Waals surface area contributed by atoms with Crippen LogP contribution in [0.4, 0.5) is 10.2 Å². The molecule has 18 heavy (non-hydrogen) atoms. The van der Waals surface area contributed by atoms with Crippen molar-refractivity contribution in [3.63, 3.8) is 0 Å². The van der Waals surface area contributed by atoms with E-state index in [0.717, 1.165) is 5.56 Å². The van der Waals surface area contributed by atoms with Crippen molar-refractivity contribution in [2.24, 2.45) is 0 Å². The Morgan fingerprint density at radius 3 is 2.83 bits per heavy atom. The molecule has 0 spiro atoms. The first kappa shape index (κ1) is 12.2. The van der Waals surface area contributed by atoms with Gasteiger partial charge in [0, 0.05) is 12.6 Å². The highest BCUT2D eigenvalue weighted by Gasteiger charge is 2.04. The van der Waals surface area contributed by atoms with Crippen LogP contribution in [-0.2, 0) is 11.2 Å². The van der Waals surface area contributed by atoms with Gasteiger partial charge in [-0.1, -0.05) is 18.2 Å². The lowest BCUT2D eigenvalue weighted by molar-refractivity contribution is -0.116. The lowest BCUT2D eigenvalue weighted by Gasteiger charge is -2.04. The summed E-state index contributed by atoms with van der Waals surface area (Å²) in [6.45, 7) is 0. The van der Waals surface area contributed by atoms with Gasteiger partial charge in [-0.05, 0) is 36.2 Å². The van der Waals surface area contributed by atoms with E-state index in [9.17, 15) is 9.18 Å². The Kier molecular flexibility index (Phi) is 4.02. The van der Waals surface area contributed by atoms with Crippen molar-refractivity contribution in [2.75, 3.05) is 5.32 Å². The molecular formula is C14H13FN2O. The highest BCUT2D eigenvalue weighted by molar-refractivity contribution is 5.89. The number of anilines is 1. The van der Waals surface area contributed by atoms with E-state index in [1.165, 1.54) is 12.1 Å². The van der Waals surface area contributed by atoms with Crippen LogP contribution in [0.2, 0.25) is 0 Å². The molecule has 3 nitrogen and oxygen atoms in total. The number of hydrogen-bond donors (Lipinski definition) is 1. The van der Waals surface area contributed by atoms with Crippen molar-refractivity contribution in [1.82, 2.24) is 4.98 Å². The number of nitrogens with one attached hydrogen (secondary N) is 1. The monoisotopic (exact) mass is 244 g/mol. The van der Waals surface area contributed by atoms with Gasteiger partial charge in [-0.25, -0.2) is 9.37 Å². The van der Waals surface area contributed by atoms with Gasteiger partial charge in [-0.3, -0.25) is 4.79 Å². The van der Waals surface area contributed by atoms with Gasteiger partial charge in [0.05, 0.1) is 0 Å². The van der Waals surface area contributed by atoms with Crippen molar-refractivity contribution in [3.8, 4) is 0 Å². The number of hydrogen-bond acceptors (Lipinski definition) is 2. The Labute approximate surface area is 105 Å².